The molecule has 19 heavy (non-hydrogen) atoms. The molecule has 9 heteroatoms. The Morgan fingerprint density at radius 3 is 2.68 bits per heavy atom. The lowest BCUT2D eigenvalue weighted by Crippen LogP contribution is -2.41. The predicted molar refractivity (Wildman–Crippen MR) is 68.2 cm³/mol. The lowest BCUT2D eigenvalue weighted by atomic mass is 10.1. The van der Waals surface area contributed by atoms with E-state index < -0.39 is 16.0 Å². The first-order valence-electron chi connectivity index (χ1n) is 6.00. The Hall–Kier alpha value is -1.35. The van der Waals surface area contributed by atoms with Gasteiger partial charge in [0.2, 0.25) is 10.0 Å². The molecule has 1 aliphatic heterocycles. The van der Waals surface area contributed by atoms with Gasteiger partial charge in [-0.2, -0.15) is 0 Å². The first-order chi connectivity index (χ1) is 8.84. The van der Waals surface area contributed by atoms with Crippen LogP contribution in [0.25, 0.3) is 0 Å². The number of carboxylic acid groups (broad SMARTS) is 1. The largest absolute Gasteiger partial charge is 0.481 e. The van der Waals surface area contributed by atoms with Crippen LogP contribution in [0.15, 0.2) is 0 Å². The van der Waals surface area contributed by atoms with Crippen LogP contribution in [0.4, 0.5) is 4.79 Å². The molecule has 0 radical (unpaired) electrons. The molecule has 0 aromatic heterocycles. The molecule has 1 saturated heterocycles. The molecule has 2 amide bonds. The van der Waals surface area contributed by atoms with E-state index in [1.54, 1.807) is 0 Å². The Balaban J connectivity index is 2.30. The summed E-state index contributed by atoms with van der Waals surface area (Å²) in [5.74, 6) is -1.07. The highest BCUT2D eigenvalue weighted by molar-refractivity contribution is 7.89. The van der Waals surface area contributed by atoms with Crippen LogP contribution in [0.2, 0.25) is 0 Å². The number of carbonyl (C=O) groups excluding carboxylic acids is 1. The number of rotatable bonds is 6. The lowest BCUT2D eigenvalue weighted by molar-refractivity contribution is -0.138. The molecule has 1 heterocycles. The van der Waals surface area contributed by atoms with Gasteiger partial charge in [0.1, 0.15) is 0 Å². The fourth-order valence-corrected chi connectivity index (χ4v) is 2.51. The first kappa shape index (κ1) is 15.7. The lowest BCUT2D eigenvalue weighted by Gasteiger charge is -2.17. The van der Waals surface area contributed by atoms with Gasteiger partial charge in [-0.3, -0.25) is 4.79 Å². The normalized spacial score (nSPS) is 19.4. The van der Waals surface area contributed by atoms with Gasteiger partial charge in [0, 0.05) is 26.1 Å². The van der Waals surface area contributed by atoms with Gasteiger partial charge in [-0.15, -0.1) is 0 Å². The predicted octanol–water partition coefficient (Wildman–Crippen LogP) is -0.958. The quantitative estimate of drug-likeness (QED) is 0.583. The van der Waals surface area contributed by atoms with Crippen molar-refractivity contribution in [2.75, 3.05) is 32.4 Å². The Kier molecular flexibility index (Phi) is 5.55. The Morgan fingerprint density at radius 2 is 2.11 bits per heavy atom. The summed E-state index contributed by atoms with van der Waals surface area (Å²) in [6.45, 7) is 0.932. The third kappa shape index (κ3) is 5.43. The van der Waals surface area contributed by atoms with Crippen LogP contribution < -0.4 is 10.0 Å². The summed E-state index contributed by atoms with van der Waals surface area (Å²) in [4.78, 5) is 23.8. The van der Waals surface area contributed by atoms with Crippen LogP contribution in [-0.2, 0) is 14.8 Å². The van der Waals surface area contributed by atoms with Gasteiger partial charge in [-0.25, -0.2) is 17.9 Å². The number of urea groups is 1. The van der Waals surface area contributed by atoms with Crippen molar-refractivity contribution in [3.05, 3.63) is 0 Å². The molecule has 1 atom stereocenters. The Bertz CT molecular complexity index is 436. The monoisotopic (exact) mass is 293 g/mol. The number of nitrogens with zero attached hydrogens (tertiary/aromatic N) is 1. The first-order valence-corrected chi connectivity index (χ1v) is 7.65. The van der Waals surface area contributed by atoms with Crippen molar-refractivity contribution in [3.8, 4) is 0 Å². The summed E-state index contributed by atoms with van der Waals surface area (Å²) in [6.07, 6.45) is 0.715. The molecule has 0 aliphatic carbocycles. The van der Waals surface area contributed by atoms with Gasteiger partial charge in [0.15, 0.2) is 0 Å². The zero-order chi connectivity index (χ0) is 14.5. The van der Waals surface area contributed by atoms with E-state index in [0.717, 1.165) is 0 Å². The number of nitrogens with one attached hydrogen (secondary N) is 2. The molecule has 0 aromatic rings. The van der Waals surface area contributed by atoms with E-state index in [2.05, 4.69) is 10.0 Å². The minimum Gasteiger partial charge on any atom is -0.481 e. The van der Waals surface area contributed by atoms with Gasteiger partial charge in [0.25, 0.3) is 0 Å². The van der Waals surface area contributed by atoms with Crippen LogP contribution in [0.1, 0.15) is 12.8 Å². The van der Waals surface area contributed by atoms with E-state index in [1.807, 2.05) is 0 Å². The summed E-state index contributed by atoms with van der Waals surface area (Å²) in [5, 5.41) is 11.2. The van der Waals surface area contributed by atoms with Gasteiger partial charge >= 0.3 is 12.0 Å². The van der Waals surface area contributed by atoms with Gasteiger partial charge in [-0.05, 0) is 19.4 Å². The third-order valence-electron chi connectivity index (χ3n) is 2.99. The van der Waals surface area contributed by atoms with E-state index in [0.29, 0.717) is 19.5 Å². The molecule has 0 saturated carbocycles. The van der Waals surface area contributed by atoms with Crippen LogP contribution in [0.3, 0.4) is 0 Å². The van der Waals surface area contributed by atoms with Gasteiger partial charge in [-0.1, -0.05) is 0 Å². The minimum atomic E-state index is -3.33. The highest BCUT2D eigenvalue weighted by Crippen LogP contribution is 2.19. The number of sulfonamides is 1. The number of hydrogen-bond acceptors (Lipinski definition) is 4. The van der Waals surface area contributed by atoms with Crippen molar-refractivity contribution in [2.24, 2.45) is 5.92 Å². The van der Waals surface area contributed by atoms with E-state index in [1.165, 1.54) is 11.9 Å². The highest BCUT2D eigenvalue weighted by Gasteiger charge is 2.27. The van der Waals surface area contributed by atoms with Gasteiger partial charge < -0.3 is 15.3 Å². The number of carboxylic acids is 1. The summed E-state index contributed by atoms with van der Waals surface area (Å²) in [6, 6.07) is -0.348. The minimum absolute atomic E-state index is 0.0238. The maximum absolute atomic E-state index is 11.7. The zero-order valence-corrected chi connectivity index (χ0v) is 11.6. The van der Waals surface area contributed by atoms with E-state index in [9.17, 15) is 18.0 Å². The highest BCUT2D eigenvalue weighted by atomic mass is 32.2. The summed E-state index contributed by atoms with van der Waals surface area (Å²) in [5.41, 5.74) is 0. The fourth-order valence-electron chi connectivity index (χ4n) is 1.94. The molecule has 0 spiro atoms. The topological polar surface area (TPSA) is 116 Å². The van der Waals surface area contributed by atoms with Crippen molar-refractivity contribution in [1.82, 2.24) is 14.9 Å². The van der Waals surface area contributed by atoms with Crippen molar-refractivity contribution in [3.63, 3.8) is 0 Å². The molecule has 1 fully saturated rings. The molecule has 1 rings (SSSR count). The van der Waals surface area contributed by atoms with Crippen molar-refractivity contribution in [1.29, 1.82) is 0 Å². The molecule has 1 aliphatic rings. The summed E-state index contributed by atoms with van der Waals surface area (Å²) >= 11 is 0. The second-order valence-corrected chi connectivity index (χ2v) is 6.50. The van der Waals surface area contributed by atoms with Crippen LogP contribution in [0, 0.1) is 5.92 Å². The average Bonchev–Trinajstić information content (AvgIpc) is 2.76. The van der Waals surface area contributed by atoms with Crippen LogP contribution >= 0.6 is 0 Å². The van der Waals surface area contributed by atoms with Crippen LogP contribution in [0.5, 0.6) is 0 Å². The fraction of sp³-hybridized carbons (Fsp3) is 0.800. The molecular formula is C10H19N3O5S. The van der Waals surface area contributed by atoms with Crippen LogP contribution in [-0.4, -0.2) is 62.9 Å². The molecule has 110 valence electrons. The molecular weight excluding hydrogens is 274 g/mol. The number of aliphatic carboxylic acids is 1. The second kappa shape index (κ2) is 6.71. The number of likely N-dealkylation sites (tertiary alicyclic amines) is 1. The average molecular weight is 293 g/mol. The maximum Gasteiger partial charge on any atom is 0.317 e. The number of carbonyl (C=O) groups is 2. The standard InChI is InChI=1S/C10H19N3O5S/c1-11-19(17,18)5-3-12-10(16)13-4-2-8(7-13)6-9(14)15/h8,11H,2-7H2,1H3,(H,12,16)(H,14,15). The number of hydrogen-bond donors (Lipinski definition) is 3. The number of amides is 2. The van der Waals surface area contributed by atoms with E-state index >= 15 is 0 Å². The molecule has 3 N–H and O–H groups in total. The second-order valence-electron chi connectivity index (χ2n) is 4.45. The zero-order valence-electron chi connectivity index (χ0n) is 10.8. The molecule has 8 nitrogen and oxygen atoms in total. The third-order valence-corrected chi connectivity index (χ3v) is 4.36. The van der Waals surface area contributed by atoms with Crippen molar-refractivity contribution >= 4 is 22.0 Å². The Labute approximate surface area is 112 Å². The smallest absolute Gasteiger partial charge is 0.317 e. The molecule has 0 aromatic carbocycles. The summed E-state index contributed by atoms with van der Waals surface area (Å²) < 4.78 is 24.4. The summed E-state index contributed by atoms with van der Waals surface area (Å²) in [7, 11) is -2.01. The molecule has 1 unspecified atom stereocenters. The molecule has 0 bridgehead atoms. The maximum atomic E-state index is 11.7. The van der Waals surface area contributed by atoms with E-state index in [-0.39, 0.29) is 30.7 Å². The Morgan fingerprint density at radius 1 is 1.42 bits per heavy atom. The van der Waals surface area contributed by atoms with E-state index in [4.69, 9.17) is 5.11 Å². The van der Waals surface area contributed by atoms with Crippen molar-refractivity contribution < 1.29 is 23.1 Å². The van der Waals surface area contributed by atoms with Gasteiger partial charge in [0.05, 0.1) is 5.75 Å². The van der Waals surface area contributed by atoms with Crippen molar-refractivity contribution in [2.45, 2.75) is 12.8 Å². The SMILES string of the molecule is CNS(=O)(=O)CCNC(=O)N1CCC(CC(=O)O)C1.